The number of hydrogen-bond acceptors (Lipinski definition) is 3. The van der Waals surface area contributed by atoms with Crippen LogP contribution in [-0.4, -0.2) is 24.0 Å². The van der Waals surface area contributed by atoms with Gasteiger partial charge in [-0.1, -0.05) is 12.1 Å². The number of carbonyl (C=O) groups excluding carboxylic acids is 1. The lowest BCUT2D eigenvalue weighted by Gasteiger charge is -2.19. The van der Waals surface area contributed by atoms with E-state index in [0.29, 0.717) is 17.7 Å². The van der Waals surface area contributed by atoms with Gasteiger partial charge in [-0.2, -0.15) is 26.3 Å². The summed E-state index contributed by atoms with van der Waals surface area (Å²) in [7, 11) is 0. The van der Waals surface area contributed by atoms with Crippen molar-refractivity contribution in [2.24, 2.45) is 0 Å². The van der Waals surface area contributed by atoms with E-state index in [-0.39, 0.29) is 30.3 Å². The first-order valence-electron chi connectivity index (χ1n) is 11.1. The van der Waals surface area contributed by atoms with Gasteiger partial charge in [0.25, 0.3) is 5.56 Å². The number of alkyl halides is 6. The summed E-state index contributed by atoms with van der Waals surface area (Å²) in [4.78, 5) is 26.4. The Morgan fingerprint density at radius 2 is 1.61 bits per heavy atom. The lowest BCUT2D eigenvalue weighted by atomic mass is 9.99. The summed E-state index contributed by atoms with van der Waals surface area (Å²) in [5, 5.41) is 2.58. The van der Waals surface area contributed by atoms with Crippen molar-refractivity contribution in [3.63, 3.8) is 0 Å². The van der Waals surface area contributed by atoms with Gasteiger partial charge in [0.05, 0.1) is 24.3 Å². The van der Waals surface area contributed by atoms with Crippen LogP contribution in [0, 0.1) is 5.82 Å². The monoisotopic (exact) mass is 542 g/mol. The third-order valence-corrected chi connectivity index (χ3v) is 5.36. The molecule has 0 aliphatic carbocycles. The SMILES string of the molecule is O=C(/C=C/c1ccc[nH]c1=O)NCC(COCc1cc(C(F)(F)F)cc(C(F)(F)F)c1)c1ccc(F)cc1. The number of rotatable bonds is 9. The maximum Gasteiger partial charge on any atom is 0.416 e. The number of hydrogen-bond donors (Lipinski definition) is 2. The highest BCUT2D eigenvalue weighted by atomic mass is 19.4. The van der Waals surface area contributed by atoms with Gasteiger partial charge in [-0.05, 0) is 59.7 Å². The van der Waals surface area contributed by atoms with Gasteiger partial charge in [0.2, 0.25) is 5.91 Å². The molecule has 2 N–H and O–H groups in total. The van der Waals surface area contributed by atoms with Crippen molar-refractivity contribution in [3.8, 4) is 0 Å². The molecule has 0 fully saturated rings. The Hall–Kier alpha value is -3.93. The standard InChI is InChI=1S/C26H21F7N2O3/c27-22-6-3-17(4-7-22)19(13-35-23(36)8-5-18-2-1-9-34-24(18)37)15-38-14-16-10-20(25(28,29)30)12-21(11-16)26(31,32)33/h1-12,19H,13-15H2,(H,34,37)(H,35,36)/b8-5+. The minimum absolute atomic E-state index is 0.0250. The third-order valence-electron chi connectivity index (χ3n) is 5.36. The van der Waals surface area contributed by atoms with Crippen LogP contribution in [0.15, 0.2) is 71.7 Å². The Morgan fingerprint density at radius 1 is 0.974 bits per heavy atom. The second kappa shape index (κ2) is 12.1. The highest BCUT2D eigenvalue weighted by Crippen LogP contribution is 2.36. The van der Waals surface area contributed by atoms with Crippen molar-refractivity contribution in [1.82, 2.24) is 10.3 Å². The van der Waals surface area contributed by atoms with E-state index in [0.717, 1.165) is 18.2 Å². The molecule has 3 aromatic rings. The van der Waals surface area contributed by atoms with Crippen LogP contribution in [0.1, 0.15) is 33.7 Å². The van der Waals surface area contributed by atoms with Gasteiger partial charge in [0, 0.05) is 30.3 Å². The maximum atomic E-state index is 13.4. The Labute approximate surface area is 212 Å². The molecule has 1 unspecified atom stereocenters. The molecular formula is C26H21F7N2O3. The molecular weight excluding hydrogens is 521 g/mol. The number of nitrogens with one attached hydrogen (secondary N) is 2. The smallest absolute Gasteiger partial charge is 0.376 e. The summed E-state index contributed by atoms with van der Waals surface area (Å²) in [6.07, 6.45) is -6.14. The quantitative estimate of drug-likeness (QED) is 0.270. The van der Waals surface area contributed by atoms with Gasteiger partial charge in [0.1, 0.15) is 5.82 Å². The van der Waals surface area contributed by atoms with Crippen molar-refractivity contribution in [2.75, 3.05) is 13.2 Å². The molecule has 5 nitrogen and oxygen atoms in total. The third kappa shape index (κ3) is 8.30. The molecule has 0 saturated heterocycles. The zero-order valence-electron chi connectivity index (χ0n) is 19.5. The number of carbonyl (C=O) groups is 1. The van der Waals surface area contributed by atoms with E-state index in [1.807, 2.05) is 0 Å². The van der Waals surface area contributed by atoms with Crippen molar-refractivity contribution in [3.05, 3.63) is 111 Å². The van der Waals surface area contributed by atoms with Crippen molar-refractivity contribution in [2.45, 2.75) is 24.9 Å². The van der Waals surface area contributed by atoms with Crippen LogP contribution in [0.25, 0.3) is 6.08 Å². The molecule has 1 aromatic heterocycles. The van der Waals surface area contributed by atoms with Gasteiger partial charge in [-0.15, -0.1) is 0 Å². The summed E-state index contributed by atoms with van der Waals surface area (Å²) < 4.78 is 97.5. The summed E-state index contributed by atoms with van der Waals surface area (Å²) in [6, 6.07) is 9.39. The number of ether oxygens (including phenoxy) is 1. The topological polar surface area (TPSA) is 71.2 Å². The van der Waals surface area contributed by atoms with Gasteiger partial charge in [-0.3, -0.25) is 9.59 Å². The second-order valence-electron chi connectivity index (χ2n) is 8.21. The molecule has 12 heteroatoms. The normalized spacial score (nSPS) is 13.0. The van der Waals surface area contributed by atoms with Gasteiger partial charge >= 0.3 is 12.4 Å². The predicted octanol–water partition coefficient (Wildman–Crippen LogP) is 5.68. The number of halogens is 7. The van der Waals surface area contributed by atoms with Crippen LogP contribution >= 0.6 is 0 Å². The average molecular weight is 542 g/mol. The largest absolute Gasteiger partial charge is 0.416 e. The van der Waals surface area contributed by atoms with E-state index in [4.69, 9.17) is 4.74 Å². The van der Waals surface area contributed by atoms with Crippen LogP contribution in [-0.2, 0) is 28.5 Å². The van der Waals surface area contributed by atoms with E-state index < -0.39 is 53.3 Å². The van der Waals surface area contributed by atoms with E-state index in [2.05, 4.69) is 10.3 Å². The lowest BCUT2D eigenvalue weighted by Crippen LogP contribution is -2.29. The molecule has 202 valence electrons. The fourth-order valence-electron chi connectivity index (χ4n) is 3.44. The summed E-state index contributed by atoms with van der Waals surface area (Å²) in [6.45, 7) is -0.850. The molecule has 0 radical (unpaired) electrons. The number of aromatic nitrogens is 1. The second-order valence-corrected chi connectivity index (χ2v) is 8.21. The van der Waals surface area contributed by atoms with E-state index in [9.17, 15) is 40.3 Å². The first-order chi connectivity index (χ1) is 17.8. The fourth-order valence-corrected chi connectivity index (χ4v) is 3.44. The molecule has 0 spiro atoms. The molecule has 3 rings (SSSR count). The van der Waals surface area contributed by atoms with E-state index in [1.54, 1.807) is 6.07 Å². The number of H-pyrrole nitrogens is 1. The van der Waals surface area contributed by atoms with Crippen molar-refractivity contribution >= 4 is 12.0 Å². The first-order valence-corrected chi connectivity index (χ1v) is 11.1. The highest BCUT2D eigenvalue weighted by molar-refractivity contribution is 5.91. The predicted molar refractivity (Wildman–Crippen MR) is 124 cm³/mol. The minimum Gasteiger partial charge on any atom is -0.376 e. The molecule has 1 heterocycles. The zero-order chi connectivity index (χ0) is 27.9. The van der Waals surface area contributed by atoms with Crippen LogP contribution < -0.4 is 10.9 Å². The van der Waals surface area contributed by atoms with Crippen molar-refractivity contribution in [1.29, 1.82) is 0 Å². The molecule has 0 aliphatic rings. The summed E-state index contributed by atoms with van der Waals surface area (Å²) in [5.41, 5.74) is -2.92. The van der Waals surface area contributed by atoms with Crippen LogP contribution in [0.3, 0.4) is 0 Å². The zero-order valence-corrected chi connectivity index (χ0v) is 19.5. The van der Waals surface area contributed by atoms with Gasteiger partial charge in [-0.25, -0.2) is 4.39 Å². The first kappa shape index (κ1) is 28.6. The average Bonchev–Trinajstić information content (AvgIpc) is 2.85. The Balaban J connectivity index is 1.71. The lowest BCUT2D eigenvalue weighted by molar-refractivity contribution is -0.143. The minimum atomic E-state index is -4.99. The van der Waals surface area contributed by atoms with Crippen LogP contribution in [0.4, 0.5) is 30.7 Å². The number of amides is 1. The number of aromatic amines is 1. The molecule has 0 bridgehead atoms. The molecule has 38 heavy (non-hydrogen) atoms. The number of pyridine rings is 1. The Kier molecular flexibility index (Phi) is 9.10. The summed E-state index contributed by atoms with van der Waals surface area (Å²) >= 11 is 0. The summed E-state index contributed by atoms with van der Waals surface area (Å²) in [5.74, 6) is -1.73. The fraction of sp³-hybridized carbons (Fsp3) is 0.231. The molecule has 2 aromatic carbocycles. The number of benzene rings is 2. The van der Waals surface area contributed by atoms with Crippen LogP contribution in [0.2, 0.25) is 0 Å². The highest BCUT2D eigenvalue weighted by Gasteiger charge is 2.36. The van der Waals surface area contributed by atoms with E-state index >= 15 is 0 Å². The van der Waals surface area contributed by atoms with E-state index in [1.165, 1.54) is 30.5 Å². The Morgan fingerprint density at radius 3 is 2.18 bits per heavy atom. The molecule has 1 amide bonds. The molecule has 1 atom stereocenters. The van der Waals surface area contributed by atoms with Gasteiger partial charge < -0.3 is 15.0 Å². The van der Waals surface area contributed by atoms with Crippen molar-refractivity contribution < 1.29 is 40.3 Å². The molecule has 0 aliphatic heterocycles. The van der Waals surface area contributed by atoms with Crippen LogP contribution in [0.5, 0.6) is 0 Å². The maximum absolute atomic E-state index is 13.4. The van der Waals surface area contributed by atoms with Gasteiger partial charge in [0.15, 0.2) is 0 Å². The molecule has 0 saturated carbocycles. The Bertz CT molecular complexity index is 1300.